The summed E-state index contributed by atoms with van der Waals surface area (Å²) < 4.78 is 20.9. The molecule has 0 aromatic heterocycles. The second-order valence-electron chi connectivity index (χ2n) is 4.38. The highest BCUT2D eigenvalue weighted by Gasteiger charge is 2.11. The third-order valence-corrected chi connectivity index (χ3v) is 3.81. The van der Waals surface area contributed by atoms with Gasteiger partial charge in [-0.05, 0) is 37.3 Å². The molecule has 0 aliphatic carbocycles. The van der Waals surface area contributed by atoms with Crippen molar-refractivity contribution in [2.75, 3.05) is 0 Å². The predicted octanol–water partition coefficient (Wildman–Crippen LogP) is 4.98. The highest BCUT2D eigenvalue weighted by atomic mass is 79.9. The molecule has 2 rings (SSSR count). The van der Waals surface area contributed by atoms with E-state index in [1.165, 1.54) is 6.07 Å². The highest BCUT2D eigenvalue weighted by molar-refractivity contribution is 9.10. The molecule has 1 atom stereocenters. The van der Waals surface area contributed by atoms with E-state index in [2.05, 4.69) is 31.9 Å². The Morgan fingerprint density at radius 1 is 1.15 bits per heavy atom. The van der Waals surface area contributed by atoms with Crippen LogP contribution in [0.2, 0.25) is 0 Å². The van der Waals surface area contributed by atoms with E-state index in [-0.39, 0.29) is 12.4 Å². The topological polar surface area (TPSA) is 29.5 Å². The van der Waals surface area contributed by atoms with Gasteiger partial charge in [0.25, 0.3) is 0 Å². The zero-order valence-corrected chi connectivity index (χ0v) is 13.9. The van der Waals surface area contributed by atoms with Crippen molar-refractivity contribution in [3.8, 4) is 5.75 Å². The molecule has 2 nitrogen and oxygen atoms in total. The number of hydrogen-bond acceptors (Lipinski definition) is 2. The fourth-order valence-electron chi connectivity index (χ4n) is 1.77. The summed E-state index contributed by atoms with van der Waals surface area (Å²) in [6.07, 6.45) is -0.655. The smallest absolute Gasteiger partial charge is 0.130 e. The molecule has 0 aliphatic rings. The largest absolute Gasteiger partial charge is 0.488 e. The lowest BCUT2D eigenvalue weighted by Gasteiger charge is -2.14. The van der Waals surface area contributed by atoms with Crippen molar-refractivity contribution in [2.24, 2.45) is 0 Å². The van der Waals surface area contributed by atoms with E-state index < -0.39 is 6.10 Å². The van der Waals surface area contributed by atoms with Gasteiger partial charge in [0.05, 0.1) is 6.10 Å². The van der Waals surface area contributed by atoms with Crippen LogP contribution in [-0.2, 0) is 6.61 Å². The van der Waals surface area contributed by atoms with Gasteiger partial charge in [0.1, 0.15) is 18.2 Å². The van der Waals surface area contributed by atoms with Gasteiger partial charge in [0.2, 0.25) is 0 Å². The van der Waals surface area contributed by atoms with Gasteiger partial charge in [-0.2, -0.15) is 0 Å². The summed E-state index contributed by atoms with van der Waals surface area (Å²) in [5.74, 6) is 0.223. The van der Waals surface area contributed by atoms with Gasteiger partial charge in [-0.25, -0.2) is 4.39 Å². The molecule has 0 aliphatic heterocycles. The molecule has 2 aromatic rings. The number of hydrogen-bond donors (Lipinski definition) is 1. The van der Waals surface area contributed by atoms with Crippen LogP contribution in [0.1, 0.15) is 24.2 Å². The number of aliphatic hydroxyl groups excluding tert-OH is 1. The molecule has 0 radical (unpaired) electrons. The molecule has 1 N–H and O–H groups in total. The van der Waals surface area contributed by atoms with Crippen molar-refractivity contribution < 1.29 is 14.2 Å². The minimum atomic E-state index is -0.655. The molecular weight excluding hydrogens is 391 g/mol. The van der Waals surface area contributed by atoms with Gasteiger partial charge in [-0.3, -0.25) is 0 Å². The van der Waals surface area contributed by atoms with Crippen LogP contribution >= 0.6 is 31.9 Å². The summed E-state index contributed by atoms with van der Waals surface area (Å²) in [7, 11) is 0. The molecule has 0 saturated carbocycles. The summed E-state index contributed by atoms with van der Waals surface area (Å²) in [5, 5.41) is 9.74. The zero-order chi connectivity index (χ0) is 14.7. The van der Waals surface area contributed by atoms with Crippen LogP contribution < -0.4 is 4.74 Å². The fourth-order valence-corrected chi connectivity index (χ4v) is 2.48. The van der Waals surface area contributed by atoms with E-state index in [9.17, 15) is 9.50 Å². The quantitative estimate of drug-likeness (QED) is 0.779. The van der Waals surface area contributed by atoms with E-state index >= 15 is 0 Å². The Morgan fingerprint density at radius 2 is 1.80 bits per heavy atom. The molecule has 0 spiro atoms. The Labute approximate surface area is 133 Å². The standard InChI is InChI=1S/C15H13Br2FO2/c1-9(19)13-6-11(16)4-5-15(13)20-8-10-2-3-12(17)7-14(10)18/h2-7,9,19H,8H2,1H3. The summed E-state index contributed by atoms with van der Waals surface area (Å²) in [4.78, 5) is 0. The normalized spacial score (nSPS) is 12.2. The first kappa shape index (κ1) is 15.5. The van der Waals surface area contributed by atoms with Crippen LogP contribution in [0.3, 0.4) is 0 Å². The molecule has 2 aromatic carbocycles. The molecule has 5 heteroatoms. The second-order valence-corrected chi connectivity index (χ2v) is 6.21. The summed E-state index contributed by atoms with van der Waals surface area (Å²) in [6, 6.07) is 10.2. The molecule has 0 fully saturated rings. The first-order chi connectivity index (χ1) is 9.47. The Bertz CT molecular complexity index is 615. The van der Waals surface area contributed by atoms with E-state index in [0.29, 0.717) is 21.3 Å². The first-order valence-electron chi connectivity index (χ1n) is 6.01. The third kappa shape index (κ3) is 3.81. The van der Waals surface area contributed by atoms with Crippen molar-refractivity contribution in [2.45, 2.75) is 19.6 Å². The van der Waals surface area contributed by atoms with Crippen LogP contribution in [0, 0.1) is 5.82 Å². The van der Waals surface area contributed by atoms with E-state index in [4.69, 9.17) is 4.74 Å². The van der Waals surface area contributed by atoms with Crippen molar-refractivity contribution in [3.63, 3.8) is 0 Å². The van der Waals surface area contributed by atoms with Crippen LogP contribution in [-0.4, -0.2) is 5.11 Å². The van der Waals surface area contributed by atoms with Crippen LogP contribution in [0.25, 0.3) is 0 Å². The maximum absolute atomic E-state index is 13.7. The van der Waals surface area contributed by atoms with Gasteiger partial charge >= 0.3 is 0 Å². The SMILES string of the molecule is CC(O)c1cc(Br)ccc1OCc1ccc(Br)cc1F. The Kier molecular flexibility index (Phi) is 5.18. The lowest BCUT2D eigenvalue weighted by Crippen LogP contribution is -2.02. The molecule has 0 saturated heterocycles. The second kappa shape index (κ2) is 6.70. The lowest BCUT2D eigenvalue weighted by molar-refractivity contribution is 0.189. The molecule has 1 unspecified atom stereocenters. The molecule has 106 valence electrons. The van der Waals surface area contributed by atoms with Gasteiger partial charge in [0.15, 0.2) is 0 Å². The number of halogens is 3. The minimum Gasteiger partial charge on any atom is -0.488 e. The maximum atomic E-state index is 13.7. The zero-order valence-electron chi connectivity index (χ0n) is 10.7. The molecule has 20 heavy (non-hydrogen) atoms. The monoisotopic (exact) mass is 402 g/mol. The fraction of sp³-hybridized carbons (Fsp3) is 0.200. The van der Waals surface area contributed by atoms with Crippen molar-refractivity contribution in [1.82, 2.24) is 0 Å². The van der Waals surface area contributed by atoms with Crippen LogP contribution in [0.15, 0.2) is 45.3 Å². The lowest BCUT2D eigenvalue weighted by atomic mass is 10.1. The predicted molar refractivity (Wildman–Crippen MR) is 83.2 cm³/mol. The number of aliphatic hydroxyl groups is 1. The summed E-state index contributed by atoms with van der Waals surface area (Å²) in [5.41, 5.74) is 1.13. The number of ether oxygens (including phenoxy) is 1. The van der Waals surface area contributed by atoms with Gasteiger partial charge in [-0.15, -0.1) is 0 Å². The van der Waals surface area contributed by atoms with E-state index in [0.717, 1.165) is 4.47 Å². The van der Waals surface area contributed by atoms with Gasteiger partial charge < -0.3 is 9.84 Å². The average molecular weight is 404 g/mol. The first-order valence-corrected chi connectivity index (χ1v) is 7.60. The van der Waals surface area contributed by atoms with E-state index in [1.807, 2.05) is 6.07 Å². The average Bonchev–Trinajstić information content (AvgIpc) is 2.38. The number of benzene rings is 2. The number of rotatable bonds is 4. The molecule has 0 amide bonds. The summed E-state index contributed by atoms with van der Waals surface area (Å²) in [6.45, 7) is 1.77. The molecule has 0 bridgehead atoms. The van der Waals surface area contributed by atoms with Crippen molar-refractivity contribution >= 4 is 31.9 Å². The van der Waals surface area contributed by atoms with Crippen LogP contribution in [0.5, 0.6) is 5.75 Å². The van der Waals surface area contributed by atoms with Gasteiger partial charge in [0, 0.05) is 20.1 Å². The van der Waals surface area contributed by atoms with Crippen molar-refractivity contribution in [1.29, 1.82) is 0 Å². The van der Waals surface area contributed by atoms with Gasteiger partial charge in [-0.1, -0.05) is 37.9 Å². The minimum absolute atomic E-state index is 0.112. The molecular formula is C15H13Br2FO2. The summed E-state index contributed by atoms with van der Waals surface area (Å²) >= 11 is 6.56. The van der Waals surface area contributed by atoms with Crippen LogP contribution in [0.4, 0.5) is 4.39 Å². The van der Waals surface area contributed by atoms with E-state index in [1.54, 1.807) is 31.2 Å². The highest BCUT2D eigenvalue weighted by Crippen LogP contribution is 2.29. The third-order valence-electron chi connectivity index (χ3n) is 2.82. The Morgan fingerprint density at radius 3 is 2.45 bits per heavy atom. The Hall–Kier alpha value is -0.910. The van der Waals surface area contributed by atoms with Crippen molar-refractivity contribution in [3.05, 3.63) is 62.3 Å². The Balaban J connectivity index is 2.18. The maximum Gasteiger partial charge on any atom is 0.130 e. The molecule has 0 heterocycles.